The van der Waals surface area contributed by atoms with Gasteiger partial charge < -0.3 is 10.0 Å². The van der Waals surface area contributed by atoms with Gasteiger partial charge in [-0.15, -0.1) is 34.3 Å². The molecule has 0 amide bonds. The van der Waals surface area contributed by atoms with Crippen LogP contribution in [0.5, 0.6) is 0 Å². The molecule has 182 valence electrons. The van der Waals surface area contributed by atoms with E-state index < -0.39 is 22.3 Å². The lowest BCUT2D eigenvalue weighted by Gasteiger charge is -2.42. The normalized spacial score (nSPS) is 20.7. The second-order valence-electron chi connectivity index (χ2n) is 8.33. The summed E-state index contributed by atoms with van der Waals surface area (Å²) in [5.74, 6) is -0.359. The van der Waals surface area contributed by atoms with Crippen molar-refractivity contribution in [3.63, 3.8) is 0 Å². The molecular weight excluding hydrogens is 476 g/mol. The van der Waals surface area contributed by atoms with Crippen molar-refractivity contribution in [2.24, 2.45) is 0 Å². The second kappa shape index (κ2) is 11.4. The Hall–Kier alpha value is -1.36. The summed E-state index contributed by atoms with van der Waals surface area (Å²) in [5, 5.41) is 9.03. The van der Waals surface area contributed by atoms with Gasteiger partial charge in [-0.1, -0.05) is 44.9 Å². The number of unbranched alkanes of at least 4 members (excludes halogenated alkanes) is 1. The highest BCUT2D eigenvalue weighted by molar-refractivity contribution is 8.22. The molecule has 0 bridgehead atoms. The van der Waals surface area contributed by atoms with Crippen molar-refractivity contribution < 1.29 is 19.0 Å². The Labute approximate surface area is 207 Å². The van der Waals surface area contributed by atoms with Crippen LogP contribution < -0.4 is 9.62 Å². The van der Waals surface area contributed by atoms with Crippen LogP contribution >= 0.6 is 34.3 Å². The van der Waals surface area contributed by atoms with Crippen molar-refractivity contribution in [1.82, 2.24) is 4.72 Å². The van der Waals surface area contributed by atoms with Gasteiger partial charge in [0.1, 0.15) is 0 Å². The van der Waals surface area contributed by atoms with Crippen LogP contribution in [-0.4, -0.2) is 44.3 Å². The predicted octanol–water partition coefficient (Wildman–Crippen LogP) is 6.83. The molecule has 1 atom stereocenters. The van der Waals surface area contributed by atoms with Gasteiger partial charge in [-0.3, -0.25) is 13.9 Å². The maximum absolute atomic E-state index is 11.4. The molecule has 9 heteroatoms. The molecule has 1 unspecified atom stereocenters. The fourth-order valence-corrected chi connectivity index (χ4v) is 7.44. The largest absolute Gasteiger partial charge is 0.481 e. The smallest absolute Gasteiger partial charge is 0.313 e. The predicted molar refractivity (Wildman–Crippen MR) is 142 cm³/mol. The van der Waals surface area contributed by atoms with Crippen molar-refractivity contribution in [3.8, 4) is 0 Å². The van der Waals surface area contributed by atoms with Crippen LogP contribution in [0.1, 0.15) is 45.1 Å². The summed E-state index contributed by atoms with van der Waals surface area (Å²) in [7, 11) is -3.28. The van der Waals surface area contributed by atoms with Crippen molar-refractivity contribution >= 4 is 51.6 Å². The number of hydrogen-bond donors (Lipinski definition) is 4. The summed E-state index contributed by atoms with van der Waals surface area (Å²) >= 11 is 2.90. The highest BCUT2D eigenvalue weighted by Gasteiger charge is 2.41. The Balaban J connectivity index is 2.16. The molecule has 0 aromatic heterocycles. The summed E-state index contributed by atoms with van der Waals surface area (Å²) in [6.45, 7) is 4.86. The Morgan fingerprint density at radius 3 is 2.55 bits per heavy atom. The fourth-order valence-electron chi connectivity index (χ4n) is 4.20. The van der Waals surface area contributed by atoms with Gasteiger partial charge in [-0.2, -0.15) is 0 Å². The molecule has 6 nitrogen and oxygen atoms in total. The van der Waals surface area contributed by atoms with Crippen LogP contribution in [0.4, 0.5) is 11.4 Å². The molecule has 4 N–H and O–H groups in total. The maximum atomic E-state index is 11.4. The molecule has 0 fully saturated rings. The number of hydrogen-bond acceptors (Lipinski definition) is 7. The van der Waals surface area contributed by atoms with Gasteiger partial charge in [0.05, 0.1) is 21.9 Å². The fraction of sp³-hybridized carbons (Fsp3) is 0.458. The van der Waals surface area contributed by atoms with Crippen LogP contribution in [0, 0.1) is 0 Å². The zero-order valence-corrected chi connectivity index (χ0v) is 21.9. The van der Waals surface area contributed by atoms with E-state index in [0.29, 0.717) is 17.2 Å². The van der Waals surface area contributed by atoms with E-state index in [9.17, 15) is 13.9 Å². The van der Waals surface area contributed by atoms with E-state index in [0.717, 1.165) is 47.5 Å². The van der Waals surface area contributed by atoms with Crippen molar-refractivity contribution in [2.75, 3.05) is 23.5 Å². The molecule has 2 aromatic rings. The average molecular weight is 511 g/mol. The SMILES string of the molecule is CCCCC1(CC)CN(c2ccccc2)c2cc(SC)c(CSCC(=O)O)cc2S(O)(O)N1. The van der Waals surface area contributed by atoms with E-state index in [1.807, 2.05) is 36.6 Å². The van der Waals surface area contributed by atoms with Crippen LogP contribution in [0.2, 0.25) is 0 Å². The Bertz CT molecular complexity index is 958. The number of carboxylic acids is 1. The van der Waals surface area contributed by atoms with Gasteiger partial charge in [0, 0.05) is 22.9 Å². The van der Waals surface area contributed by atoms with Gasteiger partial charge in [0.2, 0.25) is 0 Å². The molecule has 1 aliphatic rings. The van der Waals surface area contributed by atoms with Crippen molar-refractivity contribution in [1.29, 1.82) is 0 Å². The summed E-state index contributed by atoms with van der Waals surface area (Å²) < 4.78 is 26.2. The van der Waals surface area contributed by atoms with Crippen LogP contribution in [0.3, 0.4) is 0 Å². The molecular formula is C24H34N2O4S3. The molecule has 33 heavy (non-hydrogen) atoms. The zero-order valence-electron chi connectivity index (χ0n) is 19.4. The first kappa shape index (κ1) is 26.2. The van der Waals surface area contributed by atoms with Gasteiger partial charge in [0.25, 0.3) is 0 Å². The summed E-state index contributed by atoms with van der Waals surface area (Å²) in [6.07, 6.45) is 5.61. The van der Waals surface area contributed by atoms with Crippen LogP contribution in [0.15, 0.2) is 52.3 Å². The topological polar surface area (TPSA) is 93.0 Å². The number of carbonyl (C=O) groups is 1. The summed E-state index contributed by atoms with van der Waals surface area (Å²) in [4.78, 5) is 14.7. The number of para-hydroxylation sites is 1. The van der Waals surface area contributed by atoms with E-state index >= 15 is 0 Å². The number of carboxylic acid groups (broad SMARTS) is 1. The first-order valence-electron chi connectivity index (χ1n) is 11.2. The van der Waals surface area contributed by atoms with E-state index in [-0.39, 0.29) is 5.75 Å². The highest BCUT2D eigenvalue weighted by atomic mass is 32.3. The van der Waals surface area contributed by atoms with Crippen LogP contribution in [-0.2, 0) is 10.5 Å². The van der Waals surface area contributed by atoms with Crippen molar-refractivity contribution in [2.45, 2.75) is 60.6 Å². The third kappa shape index (κ3) is 6.21. The highest BCUT2D eigenvalue weighted by Crippen LogP contribution is 2.56. The van der Waals surface area contributed by atoms with E-state index in [1.165, 1.54) is 11.8 Å². The minimum atomic E-state index is -3.28. The Kier molecular flexibility index (Phi) is 9.05. The van der Waals surface area contributed by atoms with Crippen LogP contribution in [0.25, 0.3) is 0 Å². The Morgan fingerprint density at radius 1 is 1.21 bits per heavy atom. The number of aliphatic carboxylic acids is 1. The summed E-state index contributed by atoms with van der Waals surface area (Å²) in [5.41, 5.74) is 2.25. The average Bonchev–Trinajstić information content (AvgIpc) is 2.90. The lowest BCUT2D eigenvalue weighted by atomic mass is 9.89. The number of rotatable bonds is 10. The number of nitrogens with zero attached hydrogens (tertiary/aromatic N) is 1. The first-order chi connectivity index (χ1) is 15.7. The standard InChI is InChI=1S/C24H34N2O4S3/c1-4-6-12-24(5-2)17-26(19-10-8-7-9-11-19)20-14-21(31-3)18(15-32-16-23(27)28)13-22(20)33(29,30)25-24/h7-11,13-14,25,29-30H,4-6,12,15-17H2,1-3H3,(H,27,28). The minimum Gasteiger partial charge on any atom is -0.481 e. The number of nitrogens with one attached hydrogen (secondary N) is 1. The third-order valence-electron chi connectivity index (χ3n) is 6.02. The quantitative estimate of drug-likeness (QED) is 0.258. The van der Waals surface area contributed by atoms with Gasteiger partial charge in [0.15, 0.2) is 0 Å². The monoisotopic (exact) mass is 510 g/mol. The van der Waals surface area contributed by atoms with E-state index in [2.05, 4.69) is 35.6 Å². The zero-order chi connectivity index (χ0) is 24.1. The lowest BCUT2D eigenvalue weighted by Crippen LogP contribution is -2.51. The Morgan fingerprint density at radius 2 is 1.94 bits per heavy atom. The maximum Gasteiger partial charge on any atom is 0.313 e. The molecule has 1 heterocycles. The minimum absolute atomic E-state index is 0.00547. The first-order valence-corrected chi connectivity index (χ1v) is 15.1. The molecule has 0 radical (unpaired) electrons. The number of benzene rings is 2. The number of anilines is 2. The lowest BCUT2D eigenvalue weighted by molar-refractivity contribution is -0.133. The number of fused-ring (bicyclic) bond motifs is 1. The summed E-state index contributed by atoms with van der Waals surface area (Å²) in [6, 6.07) is 14.0. The number of thioether (sulfide) groups is 2. The van der Waals surface area contributed by atoms with Crippen molar-refractivity contribution in [3.05, 3.63) is 48.0 Å². The molecule has 3 rings (SSSR count). The third-order valence-corrected chi connectivity index (χ3v) is 9.46. The van der Waals surface area contributed by atoms with E-state index in [1.54, 1.807) is 11.8 Å². The molecule has 0 aliphatic carbocycles. The molecule has 1 aliphatic heterocycles. The second-order valence-corrected chi connectivity index (χ2v) is 11.9. The molecule has 2 aromatic carbocycles. The molecule has 0 spiro atoms. The molecule has 0 saturated carbocycles. The van der Waals surface area contributed by atoms with Gasteiger partial charge in [-0.25, -0.2) is 4.72 Å². The van der Waals surface area contributed by atoms with Gasteiger partial charge in [-0.05, 0) is 48.9 Å². The van der Waals surface area contributed by atoms with E-state index in [4.69, 9.17) is 5.11 Å². The molecule has 0 saturated heterocycles. The van der Waals surface area contributed by atoms with Gasteiger partial charge >= 0.3 is 5.97 Å².